The number of fused-ring (bicyclic) bond motifs is 1. The molecule has 1 amide bonds. The van der Waals surface area contributed by atoms with Crippen LogP contribution >= 0.6 is 0 Å². The van der Waals surface area contributed by atoms with Crippen LogP contribution in [0.15, 0.2) is 24.3 Å². The molecule has 0 saturated carbocycles. The molecule has 1 aliphatic carbocycles. The Bertz CT molecular complexity index is 454. The van der Waals surface area contributed by atoms with Gasteiger partial charge in [-0.1, -0.05) is 24.3 Å². The van der Waals surface area contributed by atoms with Crippen molar-refractivity contribution in [2.45, 2.75) is 39.2 Å². The summed E-state index contributed by atoms with van der Waals surface area (Å²) in [7, 11) is 1.70. The van der Waals surface area contributed by atoms with E-state index in [0.717, 1.165) is 25.8 Å². The number of carbonyl (C=O) groups is 1. The number of hydrogen-bond donors (Lipinski definition) is 2. The number of benzene rings is 1. The van der Waals surface area contributed by atoms with E-state index in [2.05, 4.69) is 34.9 Å². The van der Waals surface area contributed by atoms with Gasteiger partial charge in [-0.05, 0) is 44.2 Å². The first-order valence-electron chi connectivity index (χ1n) is 7.05. The zero-order valence-corrected chi connectivity index (χ0v) is 12.1. The molecular weight excluding hydrogens is 236 g/mol. The summed E-state index contributed by atoms with van der Waals surface area (Å²) in [4.78, 5) is 11.8. The van der Waals surface area contributed by atoms with Gasteiger partial charge in [-0.2, -0.15) is 0 Å². The van der Waals surface area contributed by atoms with E-state index in [1.807, 2.05) is 13.8 Å². The van der Waals surface area contributed by atoms with E-state index >= 15 is 0 Å². The Balaban J connectivity index is 1.91. The van der Waals surface area contributed by atoms with Gasteiger partial charge in [0.2, 0.25) is 5.91 Å². The van der Waals surface area contributed by atoms with E-state index in [-0.39, 0.29) is 11.3 Å². The number of nitrogens with one attached hydrogen (secondary N) is 2. The number of rotatable bonds is 4. The molecule has 0 bridgehead atoms. The van der Waals surface area contributed by atoms with Crippen LogP contribution in [0.2, 0.25) is 0 Å². The number of amides is 1. The molecule has 0 radical (unpaired) electrons. The SMILES string of the molecule is CNC(=O)C(C)(C)CNC1CCc2ccccc2C1. The van der Waals surface area contributed by atoms with Crippen molar-refractivity contribution in [3.63, 3.8) is 0 Å². The minimum absolute atomic E-state index is 0.0937. The van der Waals surface area contributed by atoms with Gasteiger partial charge in [-0.3, -0.25) is 4.79 Å². The highest BCUT2D eigenvalue weighted by molar-refractivity contribution is 5.81. The van der Waals surface area contributed by atoms with Crippen LogP contribution in [0.4, 0.5) is 0 Å². The molecular formula is C16H24N2O. The summed E-state index contributed by atoms with van der Waals surface area (Å²) in [5.74, 6) is 0.0937. The first-order valence-corrected chi connectivity index (χ1v) is 7.05. The van der Waals surface area contributed by atoms with Crippen LogP contribution in [0.1, 0.15) is 31.4 Å². The third kappa shape index (κ3) is 3.35. The molecule has 1 unspecified atom stereocenters. The molecule has 1 aliphatic rings. The van der Waals surface area contributed by atoms with Gasteiger partial charge in [0.15, 0.2) is 0 Å². The Morgan fingerprint density at radius 1 is 1.32 bits per heavy atom. The molecule has 1 aromatic carbocycles. The highest BCUT2D eigenvalue weighted by atomic mass is 16.2. The fraction of sp³-hybridized carbons (Fsp3) is 0.562. The molecule has 0 fully saturated rings. The van der Waals surface area contributed by atoms with Crippen molar-refractivity contribution in [3.05, 3.63) is 35.4 Å². The van der Waals surface area contributed by atoms with E-state index in [0.29, 0.717) is 6.04 Å². The maximum absolute atomic E-state index is 11.8. The molecule has 0 aliphatic heterocycles. The number of hydrogen-bond acceptors (Lipinski definition) is 2. The summed E-state index contributed by atoms with van der Waals surface area (Å²) >= 11 is 0. The summed E-state index contributed by atoms with van der Waals surface area (Å²) in [6, 6.07) is 9.14. The monoisotopic (exact) mass is 260 g/mol. The Labute approximate surface area is 115 Å². The lowest BCUT2D eigenvalue weighted by Gasteiger charge is -2.30. The van der Waals surface area contributed by atoms with Crippen LogP contribution < -0.4 is 10.6 Å². The minimum atomic E-state index is -0.355. The fourth-order valence-corrected chi connectivity index (χ4v) is 2.69. The van der Waals surface area contributed by atoms with Crippen molar-refractivity contribution in [3.8, 4) is 0 Å². The van der Waals surface area contributed by atoms with Crippen LogP contribution in [0, 0.1) is 5.41 Å². The smallest absolute Gasteiger partial charge is 0.226 e. The molecule has 0 heterocycles. The lowest BCUT2D eigenvalue weighted by Crippen LogP contribution is -2.46. The average Bonchev–Trinajstić information content (AvgIpc) is 2.44. The van der Waals surface area contributed by atoms with Crippen molar-refractivity contribution < 1.29 is 4.79 Å². The standard InChI is InChI=1S/C16H24N2O/c1-16(2,15(19)17-3)11-18-14-9-8-12-6-4-5-7-13(12)10-14/h4-7,14,18H,8-11H2,1-3H3,(H,17,19). The van der Waals surface area contributed by atoms with Gasteiger partial charge >= 0.3 is 0 Å². The number of carbonyl (C=O) groups excluding carboxylic acids is 1. The predicted molar refractivity (Wildman–Crippen MR) is 78.1 cm³/mol. The van der Waals surface area contributed by atoms with Crippen LogP contribution in [0.25, 0.3) is 0 Å². The van der Waals surface area contributed by atoms with E-state index in [1.54, 1.807) is 7.05 Å². The van der Waals surface area contributed by atoms with Crippen molar-refractivity contribution in [1.82, 2.24) is 10.6 Å². The van der Waals surface area contributed by atoms with Crippen LogP contribution in [0.3, 0.4) is 0 Å². The van der Waals surface area contributed by atoms with Gasteiger partial charge in [0.1, 0.15) is 0 Å². The summed E-state index contributed by atoms with van der Waals surface area (Å²) in [5, 5.41) is 6.29. The highest BCUT2D eigenvalue weighted by Gasteiger charge is 2.28. The maximum Gasteiger partial charge on any atom is 0.226 e. The van der Waals surface area contributed by atoms with Crippen LogP contribution in [0.5, 0.6) is 0 Å². The van der Waals surface area contributed by atoms with Crippen LogP contribution in [-0.4, -0.2) is 25.5 Å². The molecule has 2 rings (SSSR count). The zero-order chi connectivity index (χ0) is 13.9. The summed E-state index contributed by atoms with van der Waals surface area (Å²) < 4.78 is 0. The fourth-order valence-electron chi connectivity index (χ4n) is 2.69. The molecule has 3 nitrogen and oxygen atoms in total. The second-order valence-corrected chi connectivity index (χ2v) is 6.05. The van der Waals surface area contributed by atoms with Gasteiger partial charge in [0.25, 0.3) is 0 Å². The van der Waals surface area contributed by atoms with Crippen molar-refractivity contribution in [2.75, 3.05) is 13.6 Å². The van der Waals surface area contributed by atoms with Gasteiger partial charge in [-0.15, -0.1) is 0 Å². The summed E-state index contributed by atoms with van der Waals surface area (Å²) in [5.41, 5.74) is 2.57. The van der Waals surface area contributed by atoms with Crippen molar-refractivity contribution >= 4 is 5.91 Å². The van der Waals surface area contributed by atoms with E-state index in [9.17, 15) is 4.79 Å². The third-order valence-electron chi connectivity index (χ3n) is 4.02. The molecule has 0 saturated heterocycles. The third-order valence-corrected chi connectivity index (χ3v) is 4.02. The first-order chi connectivity index (χ1) is 9.03. The Hall–Kier alpha value is -1.35. The first kappa shape index (κ1) is 14.1. The zero-order valence-electron chi connectivity index (χ0n) is 12.1. The Kier molecular flexibility index (Phi) is 4.25. The lowest BCUT2D eigenvalue weighted by molar-refractivity contribution is -0.128. The second kappa shape index (κ2) is 5.74. The van der Waals surface area contributed by atoms with Gasteiger partial charge in [0.05, 0.1) is 5.41 Å². The molecule has 104 valence electrons. The van der Waals surface area contributed by atoms with Gasteiger partial charge in [-0.25, -0.2) is 0 Å². The normalized spacial score (nSPS) is 18.8. The van der Waals surface area contributed by atoms with Crippen molar-refractivity contribution in [2.24, 2.45) is 5.41 Å². The number of aryl methyl sites for hydroxylation is 1. The molecule has 2 N–H and O–H groups in total. The molecule has 1 atom stereocenters. The lowest BCUT2D eigenvalue weighted by atomic mass is 9.86. The van der Waals surface area contributed by atoms with Crippen LogP contribution in [-0.2, 0) is 17.6 Å². The largest absolute Gasteiger partial charge is 0.359 e. The molecule has 3 heteroatoms. The van der Waals surface area contributed by atoms with Gasteiger partial charge in [0, 0.05) is 19.6 Å². The topological polar surface area (TPSA) is 41.1 Å². The molecule has 19 heavy (non-hydrogen) atoms. The summed E-state index contributed by atoms with van der Waals surface area (Å²) in [6.45, 7) is 4.69. The predicted octanol–water partition coefficient (Wildman–Crippen LogP) is 1.91. The van der Waals surface area contributed by atoms with Crippen molar-refractivity contribution in [1.29, 1.82) is 0 Å². The average molecular weight is 260 g/mol. The molecule has 0 aromatic heterocycles. The van der Waals surface area contributed by atoms with E-state index in [1.165, 1.54) is 11.1 Å². The Morgan fingerprint density at radius 2 is 2.00 bits per heavy atom. The van der Waals surface area contributed by atoms with E-state index in [4.69, 9.17) is 0 Å². The quantitative estimate of drug-likeness (QED) is 0.868. The molecule has 0 spiro atoms. The maximum atomic E-state index is 11.8. The Morgan fingerprint density at radius 3 is 2.68 bits per heavy atom. The second-order valence-electron chi connectivity index (χ2n) is 6.05. The molecule has 1 aromatic rings. The van der Waals surface area contributed by atoms with Gasteiger partial charge < -0.3 is 10.6 Å². The highest BCUT2D eigenvalue weighted by Crippen LogP contribution is 2.22. The van der Waals surface area contributed by atoms with E-state index < -0.39 is 0 Å². The summed E-state index contributed by atoms with van der Waals surface area (Å²) in [6.07, 6.45) is 3.36. The minimum Gasteiger partial charge on any atom is -0.359 e.